The van der Waals surface area contributed by atoms with Gasteiger partial charge in [-0.15, -0.1) is 0 Å². The number of rotatable bonds is 3. The predicted molar refractivity (Wildman–Crippen MR) is 87.0 cm³/mol. The van der Waals surface area contributed by atoms with Gasteiger partial charge < -0.3 is 10.0 Å². The van der Waals surface area contributed by atoms with Gasteiger partial charge in [0.2, 0.25) is 11.6 Å². The molecular formula is C17H19BrFNO3. The minimum absolute atomic E-state index is 0.127. The van der Waals surface area contributed by atoms with Crippen molar-refractivity contribution in [1.29, 1.82) is 0 Å². The van der Waals surface area contributed by atoms with E-state index in [-0.39, 0.29) is 25.4 Å². The van der Waals surface area contributed by atoms with Crippen molar-refractivity contribution < 1.29 is 19.1 Å². The maximum Gasteiger partial charge on any atom is 0.343 e. The van der Waals surface area contributed by atoms with E-state index < -0.39 is 17.1 Å². The van der Waals surface area contributed by atoms with E-state index in [0.29, 0.717) is 0 Å². The summed E-state index contributed by atoms with van der Waals surface area (Å²) in [6.07, 6.45) is 3.24. The van der Waals surface area contributed by atoms with Crippen LogP contribution in [-0.2, 0) is 15.0 Å². The summed E-state index contributed by atoms with van der Waals surface area (Å²) in [5.41, 5.74) is -2.01. The van der Waals surface area contributed by atoms with E-state index in [9.17, 15) is 14.0 Å². The zero-order valence-corrected chi connectivity index (χ0v) is 14.3. The van der Waals surface area contributed by atoms with Gasteiger partial charge in [0.15, 0.2) is 0 Å². The molecule has 1 N–H and O–H groups in total. The zero-order valence-electron chi connectivity index (χ0n) is 12.7. The molecule has 2 fully saturated rings. The van der Waals surface area contributed by atoms with E-state index in [4.69, 9.17) is 5.11 Å². The van der Waals surface area contributed by atoms with Crippen LogP contribution in [0.2, 0.25) is 0 Å². The Morgan fingerprint density at radius 3 is 2.26 bits per heavy atom. The first-order chi connectivity index (χ1) is 10.9. The van der Waals surface area contributed by atoms with Crippen LogP contribution in [0, 0.1) is 0 Å². The second kappa shape index (κ2) is 5.89. The first-order valence-corrected chi connectivity index (χ1v) is 8.64. The molecule has 0 radical (unpaired) electrons. The molecule has 0 aromatic heterocycles. The average molecular weight is 384 g/mol. The van der Waals surface area contributed by atoms with Crippen molar-refractivity contribution in [2.24, 2.45) is 0 Å². The van der Waals surface area contributed by atoms with Crippen molar-refractivity contribution in [1.82, 2.24) is 4.90 Å². The van der Waals surface area contributed by atoms with E-state index in [1.807, 2.05) is 24.3 Å². The molecule has 124 valence electrons. The number of carbonyl (C=O) groups excluding carboxylic acids is 1. The third kappa shape index (κ3) is 2.77. The van der Waals surface area contributed by atoms with Crippen LogP contribution in [0.1, 0.15) is 37.7 Å². The number of halogens is 2. The normalized spacial score (nSPS) is 26.4. The first kappa shape index (κ1) is 16.4. The first-order valence-electron chi connectivity index (χ1n) is 7.85. The number of carboxylic acids is 1. The molecule has 1 aliphatic heterocycles. The molecule has 1 aromatic carbocycles. The Kier molecular flexibility index (Phi) is 4.21. The molecule has 0 bridgehead atoms. The van der Waals surface area contributed by atoms with Crippen molar-refractivity contribution >= 4 is 27.8 Å². The van der Waals surface area contributed by atoms with Gasteiger partial charge in [-0.05, 0) is 30.5 Å². The van der Waals surface area contributed by atoms with E-state index >= 15 is 0 Å². The molecule has 1 aromatic rings. The molecule has 1 heterocycles. The summed E-state index contributed by atoms with van der Waals surface area (Å²) in [5.74, 6) is -1.60. The molecule has 3 rings (SSSR count). The highest BCUT2D eigenvalue weighted by Crippen LogP contribution is 2.44. The Bertz CT molecular complexity index is 627. The number of benzene rings is 1. The van der Waals surface area contributed by atoms with Crippen molar-refractivity contribution in [3.8, 4) is 0 Å². The van der Waals surface area contributed by atoms with Crippen LogP contribution in [0.3, 0.4) is 0 Å². The maximum atomic E-state index is 14.3. The van der Waals surface area contributed by atoms with Gasteiger partial charge in [0.1, 0.15) is 0 Å². The third-order valence-corrected chi connectivity index (χ3v) is 5.68. The van der Waals surface area contributed by atoms with Crippen LogP contribution in [0.4, 0.5) is 4.39 Å². The fourth-order valence-corrected chi connectivity index (χ4v) is 4.06. The minimum Gasteiger partial charge on any atom is -0.479 e. The number of hydrogen-bond acceptors (Lipinski definition) is 2. The lowest BCUT2D eigenvalue weighted by Crippen LogP contribution is -2.46. The number of aliphatic carboxylic acids is 1. The highest BCUT2D eigenvalue weighted by molar-refractivity contribution is 9.10. The fraction of sp³-hybridized carbons (Fsp3) is 0.529. The van der Waals surface area contributed by atoms with Crippen LogP contribution in [0.15, 0.2) is 28.7 Å². The monoisotopic (exact) mass is 383 g/mol. The fourth-order valence-electron chi connectivity index (χ4n) is 3.80. The minimum atomic E-state index is -2.31. The van der Waals surface area contributed by atoms with Crippen LogP contribution in [0.5, 0.6) is 0 Å². The van der Waals surface area contributed by atoms with Gasteiger partial charge >= 0.3 is 5.97 Å². The lowest BCUT2D eigenvalue weighted by molar-refractivity contribution is -0.150. The quantitative estimate of drug-likeness (QED) is 0.870. The van der Waals surface area contributed by atoms with Crippen molar-refractivity contribution in [2.75, 3.05) is 13.1 Å². The Morgan fingerprint density at radius 2 is 1.74 bits per heavy atom. The Balaban J connectivity index is 1.89. The second-order valence-electron chi connectivity index (χ2n) is 6.54. The summed E-state index contributed by atoms with van der Waals surface area (Å²) in [5, 5.41) is 9.03. The molecule has 1 unspecified atom stereocenters. The number of carboxylic acid groups (broad SMARTS) is 1. The number of nitrogens with zero attached hydrogens (tertiary/aromatic N) is 1. The summed E-state index contributed by atoms with van der Waals surface area (Å²) in [4.78, 5) is 25.6. The number of carbonyl (C=O) groups is 2. The Morgan fingerprint density at radius 1 is 1.13 bits per heavy atom. The van der Waals surface area contributed by atoms with Crippen LogP contribution in [-0.4, -0.2) is 40.6 Å². The average Bonchev–Trinajstić information content (AvgIpc) is 3.16. The number of amides is 1. The summed E-state index contributed by atoms with van der Waals surface area (Å²) in [6.45, 7) is -0.181. The molecule has 2 aliphatic rings. The van der Waals surface area contributed by atoms with Crippen molar-refractivity contribution in [3.63, 3.8) is 0 Å². The number of hydrogen-bond donors (Lipinski definition) is 1. The maximum absolute atomic E-state index is 14.3. The topological polar surface area (TPSA) is 57.6 Å². The van der Waals surface area contributed by atoms with Gasteiger partial charge in [-0.1, -0.05) is 40.9 Å². The van der Waals surface area contributed by atoms with E-state index in [1.165, 1.54) is 4.90 Å². The Hall–Kier alpha value is -1.43. The molecular weight excluding hydrogens is 365 g/mol. The van der Waals surface area contributed by atoms with Crippen LogP contribution in [0.25, 0.3) is 0 Å². The molecule has 6 heteroatoms. The molecule has 1 aliphatic carbocycles. The molecule has 1 amide bonds. The van der Waals surface area contributed by atoms with E-state index in [2.05, 4.69) is 15.9 Å². The summed E-state index contributed by atoms with van der Waals surface area (Å²) in [7, 11) is 0. The molecule has 1 saturated carbocycles. The molecule has 0 spiro atoms. The third-order valence-electron chi connectivity index (χ3n) is 5.15. The molecule has 4 nitrogen and oxygen atoms in total. The van der Waals surface area contributed by atoms with Gasteiger partial charge in [0.25, 0.3) is 0 Å². The smallest absolute Gasteiger partial charge is 0.343 e. The SMILES string of the molecule is O=C(O)C1(F)CCN(C(=O)C2(c3ccc(Br)cc3)CCCC2)C1. The number of likely N-dealkylation sites (tertiary alicyclic amines) is 1. The summed E-state index contributed by atoms with van der Waals surface area (Å²) in [6, 6.07) is 7.68. The van der Waals surface area contributed by atoms with Gasteiger partial charge in [0, 0.05) is 17.4 Å². The van der Waals surface area contributed by atoms with Crippen LogP contribution < -0.4 is 0 Å². The lowest BCUT2D eigenvalue weighted by Gasteiger charge is -2.33. The lowest BCUT2D eigenvalue weighted by atomic mass is 9.77. The van der Waals surface area contributed by atoms with Gasteiger partial charge in [0.05, 0.1) is 12.0 Å². The Labute approximate surface area is 142 Å². The second-order valence-corrected chi connectivity index (χ2v) is 7.46. The largest absolute Gasteiger partial charge is 0.479 e. The highest BCUT2D eigenvalue weighted by atomic mass is 79.9. The molecule has 1 atom stereocenters. The van der Waals surface area contributed by atoms with Gasteiger partial charge in [-0.25, -0.2) is 9.18 Å². The van der Waals surface area contributed by atoms with E-state index in [0.717, 1.165) is 35.7 Å². The zero-order chi connectivity index (χ0) is 16.7. The number of alkyl halides is 1. The van der Waals surface area contributed by atoms with Crippen molar-refractivity contribution in [3.05, 3.63) is 34.3 Å². The summed E-state index contributed by atoms with van der Waals surface area (Å²) >= 11 is 3.40. The summed E-state index contributed by atoms with van der Waals surface area (Å²) < 4.78 is 15.3. The van der Waals surface area contributed by atoms with Gasteiger partial charge in [-0.2, -0.15) is 0 Å². The van der Waals surface area contributed by atoms with Gasteiger partial charge in [-0.3, -0.25) is 4.79 Å². The van der Waals surface area contributed by atoms with Crippen molar-refractivity contribution in [2.45, 2.75) is 43.2 Å². The molecule has 1 saturated heterocycles. The standard InChI is InChI=1S/C17H19BrFNO3/c18-13-5-3-12(4-6-13)16(7-1-2-8-16)14(21)20-10-9-17(19,11-20)15(22)23/h3-6H,1-2,7-11H2,(H,22,23). The van der Waals surface area contributed by atoms with Crippen LogP contribution >= 0.6 is 15.9 Å². The van der Waals surface area contributed by atoms with E-state index in [1.54, 1.807) is 0 Å². The molecule has 23 heavy (non-hydrogen) atoms. The highest BCUT2D eigenvalue weighted by Gasteiger charge is 2.52. The predicted octanol–water partition coefficient (Wildman–Crippen LogP) is 3.29.